The smallest absolute Gasteiger partial charge is 0.261 e. The van der Waals surface area contributed by atoms with Crippen molar-refractivity contribution in [3.8, 4) is 11.5 Å². The number of ether oxygens (including phenoxy) is 2. The molecule has 7 nitrogen and oxygen atoms in total. The highest BCUT2D eigenvalue weighted by Gasteiger charge is 2.39. The van der Waals surface area contributed by atoms with Crippen LogP contribution in [0.1, 0.15) is 45.6 Å². The zero-order chi connectivity index (χ0) is 23.7. The summed E-state index contributed by atoms with van der Waals surface area (Å²) in [6, 6.07) is 23.2. The fraction of sp³-hybridized carbons (Fsp3) is 0.222. The Morgan fingerprint density at radius 3 is 2.26 bits per heavy atom. The zero-order valence-electron chi connectivity index (χ0n) is 19.4. The van der Waals surface area contributed by atoms with Crippen LogP contribution in [0, 0.1) is 6.92 Å². The van der Waals surface area contributed by atoms with Gasteiger partial charge in [-0.25, -0.2) is 4.68 Å². The number of carbonyl (C=O) groups excluding carboxylic acids is 1. The van der Waals surface area contributed by atoms with E-state index in [1.807, 2.05) is 41.1 Å². The van der Waals surface area contributed by atoms with Gasteiger partial charge in [0.25, 0.3) is 5.91 Å². The van der Waals surface area contributed by atoms with Crippen molar-refractivity contribution < 1.29 is 14.3 Å². The minimum absolute atomic E-state index is 0.0560. The van der Waals surface area contributed by atoms with Crippen molar-refractivity contribution in [3.63, 3.8) is 0 Å². The number of methoxy groups -OCH3 is 2. The molecule has 0 unspecified atom stereocenters. The Hall–Kier alpha value is -4.13. The van der Waals surface area contributed by atoms with Gasteiger partial charge in [0.15, 0.2) is 0 Å². The number of hydrogen-bond acceptors (Lipinski definition) is 5. The number of anilines is 1. The monoisotopic (exact) mass is 454 g/mol. The predicted octanol–water partition coefficient (Wildman–Crippen LogP) is 4.98. The molecule has 0 radical (unpaired) electrons. The topological polar surface area (TPSA) is 69.5 Å². The van der Waals surface area contributed by atoms with E-state index in [2.05, 4.69) is 41.3 Å². The van der Waals surface area contributed by atoms with E-state index in [1.165, 1.54) is 11.9 Å². The Kier molecular flexibility index (Phi) is 5.76. The summed E-state index contributed by atoms with van der Waals surface area (Å²) < 4.78 is 12.6. The lowest BCUT2D eigenvalue weighted by Crippen LogP contribution is -2.42. The Bertz CT molecular complexity index is 1300. The van der Waals surface area contributed by atoms with E-state index in [1.54, 1.807) is 31.3 Å². The van der Waals surface area contributed by atoms with Gasteiger partial charge >= 0.3 is 0 Å². The first-order valence-corrected chi connectivity index (χ1v) is 11.2. The molecule has 0 N–H and O–H groups in total. The van der Waals surface area contributed by atoms with Gasteiger partial charge in [0, 0.05) is 5.56 Å². The lowest BCUT2D eigenvalue weighted by Gasteiger charge is -2.39. The van der Waals surface area contributed by atoms with Crippen LogP contribution in [-0.2, 0) is 0 Å². The maximum Gasteiger partial charge on any atom is 0.261 e. The largest absolute Gasteiger partial charge is 0.497 e. The third-order valence-electron chi connectivity index (χ3n) is 6.32. The van der Waals surface area contributed by atoms with E-state index < -0.39 is 0 Å². The molecule has 0 fully saturated rings. The van der Waals surface area contributed by atoms with E-state index in [0.29, 0.717) is 23.7 Å². The van der Waals surface area contributed by atoms with Gasteiger partial charge < -0.3 is 9.47 Å². The number of amides is 1. The molecule has 34 heavy (non-hydrogen) atoms. The van der Waals surface area contributed by atoms with Crippen LogP contribution in [0.25, 0.3) is 0 Å². The molecule has 5 rings (SSSR count). The first kappa shape index (κ1) is 21.7. The molecule has 1 aliphatic rings. The van der Waals surface area contributed by atoms with Crippen LogP contribution in [-0.4, -0.2) is 34.9 Å². The fourth-order valence-corrected chi connectivity index (χ4v) is 4.50. The normalized spacial score (nSPS) is 17.2. The van der Waals surface area contributed by atoms with Crippen molar-refractivity contribution in [1.29, 1.82) is 0 Å². The fourth-order valence-electron chi connectivity index (χ4n) is 4.50. The Balaban J connectivity index is 1.63. The van der Waals surface area contributed by atoms with Gasteiger partial charge in [-0.05, 0) is 54.8 Å². The molecule has 172 valence electrons. The number of hydrogen-bond donors (Lipinski definition) is 0. The summed E-state index contributed by atoms with van der Waals surface area (Å²) in [6.07, 6.45) is 2.17. The van der Waals surface area contributed by atoms with Crippen LogP contribution in [0.2, 0.25) is 0 Å². The Morgan fingerprint density at radius 2 is 1.56 bits per heavy atom. The highest BCUT2D eigenvalue weighted by molar-refractivity contribution is 6.06. The van der Waals surface area contributed by atoms with Gasteiger partial charge in [-0.1, -0.05) is 48.0 Å². The lowest BCUT2D eigenvalue weighted by atomic mass is 9.91. The van der Waals surface area contributed by atoms with E-state index in [0.717, 1.165) is 16.9 Å². The van der Waals surface area contributed by atoms with Gasteiger partial charge in [-0.3, -0.25) is 9.69 Å². The van der Waals surface area contributed by atoms with E-state index in [9.17, 15) is 4.79 Å². The van der Waals surface area contributed by atoms with Crippen molar-refractivity contribution >= 4 is 11.9 Å². The van der Waals surface area contributed by atoms with E-state index in [4.69, 9.17) is 9.47 Å². The van der Waals surface area contributed by atoms with Crippen LogP contribution in [0.15, 0.2) is 79.1 Å². The van der Waals surface area contributed by atoms with Crippen LogP contribution >= 0.6 is 0 Å². The molecule has 0 saturated heterocycles. The first-order chi connectivity index (χ1) is 16.6. The summed E-state index contributed by atoms with van der Waals surface area (Å²) in [4.78, 5) is 20.2. The van der Waals surface area contributed by atoms with Gasteiger partial charge in [-0.2, -0.15) is 10.1 Å². The predicted molar refractivity (Wildman–Crippen MR) is 129 cm³/mol. The van der Waals surface area contributed by atoms with Crippen molar-refractivity contribution in [2.24, 2.45) is 0 Å². The van der Waals surface area contributed by atoms with Crippen molar-refractivity contribution in [1.82, 2.24) is 14.8 Å². The number of aromatic nitrogens is 3. The van der Waals surface area contributed by atoms with E-state index in [-0.39, 0.29) is 18.0 Å². The molecule has 0 bridgehead atoms. The third kappa shape index (κ3) is 3.90. The third-order valence-corrected chi connectivity index (χ3v) is 6.32. The number of fused-ring (bicyclic) bond motifs is 1. The summed E-state index contributed by atoms with van der Waals surface area (Å²) in [6.45, 7) is 2.07. The molecule has 0 saturated carbocycles. The van der Waals surface area contributed by atoms with Gasteiger partial charge in [0.2, 0.25) is 5.95 Å². The minimum atomic E-state index is -0.243. The number of nitrogens with zero attached hydrogens (tertiary/aromatic N) is 4. The first-order valence-electron chi connectivity index (χ1n) is 11.2. The molecular formula is C27H26N4O3. The highest BCUT2D eigenvalue weighted by Crippen LogP contribution is 2.42. The van der Waals surface area contributed by atoms with Crippen molar-refractivity contribution in [3.05, 3.63) is 101 Å². The molecule has 0 aliphatic carbocycles. The molecule has 2 heterocycles. The second-order valence-electron chi connectivity index (χ2n) is 8.36. The number of aryl methyl sites for hydroxylation is 1. The van der Waals surface area contributed by atoms with Crippen LogP contribution in [0.4, 0.5) is 5.95 Å². The molecule has 2 atom stereocenters. The summed E-state index contributed by atoms with van der Waals surface area (Å²) in [5, 5.41) is 4.52. The summed E-state index contributed by atoms with van der Waals surface area (Å²) in [7, 11) is 3.23. The SMILES string of the molecule is COc1ccc([C@H]2C[C@H](c3ccc(C)cc3)n3ncnc3N2C(=O)c2cccc(OC)c2)cc1. The summed E-state index contributed by atoms with van der Waals surface area (Å²) >= 11 is 0. The standard InChI is InChI=1S/C27H26N4O3/c1-18-7-9-20(10-8-18)25-16-24(19-11-13-22(33-2)14-12-19)30(27-28-17-29-31(25)27)26(32)21-5-4-6-23(15-21)34-3/h4-15,17,24-25H,16H2,1-3H3/t24-,25-/m1/s1. The molecule has 3 aromatic carbocycles. The van der Waals surface area contributed by atoms with Crippen LogP contribution in [0.3, 0.4) is 0 Å². The van der Waals surface area contributed by atoms with Crippen LogP contribution < -0.4 is 14.4 Å². The Labute approximate surface area is 198 Å². The molecule has 0 spiro atoms. The minimum Gasteiger partial charge on any atom is -0.497 e. The van der Waals surface area contributed by atoms with Crippen molar-refractivity contribution in [2.75, 3.05) is 19.1 Å². The quantitative estimate of drug-likeness (QED) is 0.425. The summed E-state index contributed by atoms with van der Waals surface area (Å²) in [5.41, 5.74) is 3.86. The average molecular weight is 455 g/mol. The average Bonchev–Trinajstić information content (AvgIpc) is 3.38. The highest BCUT2D eigenvalue weighted by atomic mass is 16.5. The maximum absolute atomic E-state index is 13.9. The summed E-state index contributed by atoms with van der Waals surface area (Å²) in [5.74, 6) is 1.76. The van der Waals surface area contributed by atoms with Crippen molar-refractivity contribution in [2.45, 2.75) is 25.4 Å². The zero-order valence-corrected chi connectivity index (χ0v) is 19.4. The Morgan fingerprint density at radius 1 is 0.882 bits per heavy atom. The second-order valence-corrected chi connectivity index (χ2v) is 8.36. The molecular weight excluding hydrogens is 428 g/mol. The molecule has 1 aliphatic heterocycles. The van der Waals surface area contributed by atoms with Gasteiger partial charge in [0.05, 0.1) is 26.3 Å². The maximum atomic E-state index is 13.9. The number of benzene rings is 3. The number of carbonyl (C=O) groups is 1. The molecule has 4 aromatic rings. The van der Waals surface area contributed by atoms with E-state index >= 15 is 0 Å². The number of rotatable bonds is 5. The van der Waals surface area contributed by atoms with Crippen LogP contribution in [0.5, 0.6) is 11.5 Å². The molecule has 1 amide bonds. The lowest BCUT2D eigenvalue weighted by molar-refractivity contribution is 0.0963. The molecule has 1 aromatic heterocycles. The van der Waals surface area contributed by atoms with Gasteiger partial charge in [0.1, 0.15) is 17.8 Å². The second kappa shape index (κ2) is 9.02. The van der Waals surface area contributed by atoms with Gasteiger partial charge in [-0.15, -0.1) is 0 Å². The molecule has 7 heteroatoms.